The number of benzene rings is 2. The van der Waals surface area contributed by atoms with Crippen LogP contribution in [0.15, 0.2) is 54.6 Å². The van der Waals surface area contributed by atoms with Crippen LogP contribution in [0.25, 0.3) is 0 Å². The number of hydrazine groups is 1. The Morgan fingerprint density at radius 1 is 0.875 bits per heavy atom. The third kappa shape index (κ3) is 2.99. The number of nitrogens with one attached hydrogen (secondary N) is 2. The first-order chi connectivity index (χ1) is 7.86. The van der Waals surface area contributed by atoms with E-state index < -0.39 is 0 Å². The quantitative estimate of drug-likeness (QED) is 0.789. The average molecular weight is 233 g/mol. The largest absolute Gasteiger partial charge is 0.320 e. The first-order valence-electron chi connectivity index (χ1n) is 5.13. The highest BCUT2D eigenvalue weighted by Gasteiger charge is 1.96. The van der Waals surface area contributed by atoms with E-state index >= 15 is 0 Å². The van der Waals surface area contributed by atoms with Crippen molar-refractivity contribution in [2.75, 3.05) is 5.43 Å². The molecule has 0 heterocycles. The Morgan fingerprint density at radius 3 is 2.31 bits per heavy atom. The van der Waals surface area contributed by atoms with Crippen LogP contribution in [-0.2, 0) is 6.54 Å². The molecule has 0 saturated heterocycles. The van der Waals surface area contributed by atoms with E-state index in [1.54, 1.807) is 0 Å². The summed E-state index contributed by atoms with van der Waals surface area (Å²) in [6, 6.07) is 17.8. The van der Waals surface area contributed by atoms with Gasteiger partial charge in [0, 0.05) is 6.54 Å². The topological polar surface area (TPSA) is 24.1 Å². The van der Waals surface area contributed by atoms with Gasteiger partial charge in [-0.25, -0.2) is 5.43 Å². The van der Waals surface area contributed by atoms with E-state index in [0.29, 0.717) is 5.02 Å². The van der Waals surface area contributed by atoms with Crippen LogP contribution in [0.2, 0.25) is 5.02 Å². The van der Waals surface area contributed by atoms with Crippen LogP contribution < -0.4 is 10.9 Å². The van der Waals surface area contributed by atoms with E-state index in [9.17, 15) is 0 Å². The Hall–Kier alpha value is -1.51. The molecule has 2 aromatic rings. The van der Waals surface area contributed by atoms with Gasteiger partial charge in [0.05, 0.1) is 10.7 Å². The summed E-state index contributed by atoms with van der Waals surface area (Å²) in [7, 11) is 0. The highest BCUT2D eigenvalue weighted by atomic mass is 35.5. The lowest BCUT2D eigenvalue weighted by molar-refractivity contribution is 0.801. The van der Waals surface area contributed by atoms with E-state index in [2.05, 4.69) is 23.0 Å². The van der Waals surface area contributed by atoms with Crippen LogP contribution in [0.1, 0.15) is 5.56 Å². The Balaban J connectivity index is 1.87. The Kier molecular flexibility index (Phi) is 3.81. The molecule has 0 bridgehead atoms. The second-order valence-corrected chi connectivity index (χ2v) is 3.85. The second-order valence-electron chi connectivity index (χ2n) is 3.44. The summed E-state index contributed by atoms with van der Waals surface area (Å²) in [5, 5.41) is 0.711. The van der Waals surface area contributed by atoms with Gasteiger partial charge in [0.2, 0.25) is 0 Å². The van der Waals surface area contributed by atoms with Crippen LogP contribution >= 0.6 is 11.6 Å². The number of halogens is 1. The maximum Gasteiger partial charge on any atom is 0.0674 e. The normalized spacial score (nSPS) is 10.1. The third-order valence-corrected chi connectivity index (χ3v) is 2.56. The number of hydrogen-bond donors (Lipinski definition) is 2. The predicted molar refractivity (Wildman–Crippen MR) is 68.4 cm³/mol. The molecule has 2 nitrogen and oxygen atoms in total. The first kappa shape index (κ1) is 11.0. The minimum atomic E-state index is 0.711. The molecule has 3 heteroatoms. The zero-order valence-corrected chi connectivity index (χ0v) is 9.54. The van der Waals surface area contributed by atoms with E-state index in [4.69, 9.17) is 11.6 Å². The van der Waals surface area contributed by atoms with Gasteiger partial charge in [-0.1, -0.05) is 54.1 Å². The molecular weight excluding hydrogens is 220 g/mol. The molecule has 0 unspecified atom stereocenters. The van der Waals surface area contributed by atoms with Crippen LogP contribution in [0.3, 0.4) is 0 Å². The monoisotopic (exact) mass is 232 g/mol. The van der Waals surface area contributed by atoms with Gasteiger partial charge in [-0.05, 0) is 17.7 Å². The maximum atomic E-state index is 6.00. The average Bonchev–Trinajstić information content (AvgIpc) is 2.33. The molecule has 0 amide bonds. The van der Waals surface area contributed by atoms with Gasteiger partial charge < -0.3 is 5.43 Å². The van der Waals surface area contributed by atoms with Crippen molar-refractivity contribution in [2.45, 2.75) is 6.54 Å². The summed E-state index contributed by atoms with van der Waals surface area (Å²) in [6.07, 6.45) is 0. The maximum absolute atomic E-state index is 6.00. The van der Waals surface area contributed by atoms with Crippen molar-refractivity contribution in [1.29, 1.82) is 0 Å². The zero-order chi connectivity index (χ0) is 11.2. The van der Waals surface area contributed by atoms with Gasteiger partial charge >= 0.3 is 0 Å². The molecule has 0 saturated carbocycles. The van der Waals surface area contributed by atoms with Gasteiger partial charge in [-0.2, -0.15) is 0 Å². The van der Waals surface area contributed by atoms with Crippen molar-refractivity contribution in [3.05, 3.63) is 65.2 Å². The fourth-order valence-corrected chi connectivity index (χ4v) is 1.58. The van der Waals surface area contributed by atoms with E-state index in [1.807, 2.05) is 42.5 Å². The molecule has 0 aliphatic rings. The molecule has 0 atom stereocenters. The molecule has 2 rings (SSSR count). The lowest BCUT2D eigenvalue weighted by Gasteiger charge is -2.09. The van der Waals surface area contributed by atoms with Crippen molar-refractivity contribution in [3.8, 4) is 0 Å². The van der Waals surface area contributed by atoms with E-state index in [0.717, 1.165) is 12.2 Å². The summed E-state index contributed by atoms with van der Waals surface area (Å²) in [5.74, 6) is 0. The van der Waals surface area contributed by atoms with Crippen LogP contribution in [0.4, 0.5) is 5.69 Å². The molecular formula is C13H13ClN2. The smallest absolute Gasteiger partial charge is 0.0674 e. The summed E-state index contributed by atoms with van der Waals surface area (Å²) >= 11 is 6.00. The molecule has 2 aromatic carbocycles. The fraction of sp³-hybridized carbons (Fsp3) is 0.0769. The molecule has 0 fully saturated rings. The van der Waals surface area contributed by atoms with Crippen LogP contribution in [-0.4, -0.2) is 0 Å². The highest BCUT2D eigenvalue weighted by Crippen LogP contribution is 2.19. The van der Waals surface area contributed by atoms with Crippen molar-refractivity contribution in [3.63, 3.8) is 0 Å². The van der Waals surface area contributed by atoms with Gasteiger partial charge in [0.15, 0.2) is 0 Å². The molecule has 0 radical (unpaired) electrons. The Bertz CT molecular complexity index is 443. The number of para-hydroxylation sites is 1. The Morgan fingerprint density at radius 2 is 1.56 bits per heavy atom. The number of rotatable bonds is 4. The van der Waals surface area contributed by atoms with E-state index in [-0.39, 0.29) is 0 Å². The van der Waals surface area contributed by atoms with Crippen molar-refractivity contribution >= 4 is 17.3 Å². The van der Waals surface area contributed by atoms with Crippen molar-refractivity contribution < 1.29 is 0 Å². The van der Waals surface area contributed by atoms with Crippen molar-refractivity contribution in [1.82, 2.24) is 5.43 Å². The van der Waals surface area contributed by atoms with E-state index in [1.165, 1.54) is 5.56 Å². The molecule has 16 heavy (non-hydrogen) atoms. The first-order valence-corrected chi connectivity index (χ1v) is 5.51. The molecule has 0 spiro atoms. The zero-order valence-electron chi connectivity index (χ0n) is 8.78. The lowest BCUT2D eigenvalue weighted by Crippen LogP contribution is -2.20. The standard InChI is InChI=1S/C13H13ClN2/c14-12-8-4-5-9-13(12)16-15-10-11-6-2-1-3-7-11/h1-9,15-16H,10H2. The highest BCUT2D eigenvalue weighted by molar-refractivity contribution is 6.33. The summed E-state index contributed by atoms with van der Waals surface area (Å²) < 4.78 is 0. The van der Waals surface area contributed by atoms with Crippen molar-refractivity contribution in [2.24, 2.45) is 0 Å². The predicted octanol–water partition coefficient (Wildman–Crippen LogP) is 3.46. The minimum absolute atomic E-state index is 0.711. The molecule has 0 aliphatic heterocycles. The SMILES string of the molecule is Clc1ccccc1NNCc1ccccc1. The molecule has 0 aromatic heterocycles. The second kappa shape index (κ2) is 5.54. The summed E-state index contributed by atoms with van der Waals surface area (Å²) in [4.78, 5) is 0. The molecule has 82 valence electrons. The molecule has 2 N–H and O–H groups in total. The van der Waals surface area contributed by atoms with Crippen LogP contribution in [0.5, 0.6) is 0 Å². The van der Waals surface area contributed by atoms with Gasteiger partial charge in [0.1, 0.15) is 0 Å². The number of hydrogen-bond acceptors (Lipinski definition) is 2. The summed E-state index contributed by atoms with van der Waals surface area (Å²) in [6.45, 7) is 0.756. The minimum Gasteiger partial charge on any atom is -0.320 e. The van der Waals surface area contributed by atoms with Crippen LogP contribution in [0, 0.1) is 0 Å². The molecule has 0 aliphatic carbocycles. The van der Waals surface area contributed by atoms with Gasteiger partial charge in [-0.15, -0.1) is 0 Å². The Labute approximate surface area is 100 Å². The summed E-state index contributed by atoms with van der Waals surface area (Å²) in [5.41, 5.74) is 8.32. The number of anilines is 1. The fourth-order valence-electron chi connectivity index (χ4n) is 1.40. The van der Waals surface area contributed by atoms with Gasteiger partial charge in [-0.3, -0.25) is 0 Å². The van der Waals surface area contributed by atoms with Gasteiger partial charge in [0.25, 0.3) is 0 Å². The third-order valence-electron chi connectivity index (χ3n) is 2.23. The lowest BCUT2D eigenvalue weighted by atomic mass is 10.2.